The maximum Gasteiger partial charge on any atom is 0.276 e. The third kappa shape index (κ3) is 3.61. The number of nitrogens with two attached hydrogens (primary N) is 1. The van der Waals surface area contributed by atoms with Crippen molar-refractivity contribution in [2.75, 3.05) is 11.9 Å². The number of nitrogens with one attached hydrogen (secondary N) is 1. The first-order chi connectivity index (χ1) is 9.19. The van der Waals surface area contributed by atoms with Gasteiger partial charge in [-0.3, -0.25) is 4.79 Å². The molecular weight excluding hydrogens is 260 g/mol. The van der Waals surface area contributed by atoms with Crippen molar-refractivity contribution in [2.24, 2.45) is 5.73 Å². The van der Waals surface area contributed by atoms with E-state index in [1.807, 2.05) is 6.92 Å². The molecule has 0 atom stereocenters. The van der Waals surface area contributed by atoms with E-state index in [-0.39, 0.29) is 12.5 Å². The van der Waals surface area contributed by atoms with Crippen molar-refractivity contribution in [3.8, 4) is 11.8 Å². The van der Waals surface area contributed by atoms with Gasteiger partial charge in [-0.1, -0.05) is 12.0 Å². The number of thiazole rings is 1. The summed E-state index contributed by atoms with van der Waals surface area (Å²) >= 11 is 1.43. The summed E-state index contributed by atoms with van der Waals surface area (Å²) in [5, 5.41) is 5.24. The molecule has 19 heavy (non-hydrogen) atoms. The van der Waals surface area contributed by atoms with E-state index in [9.17, 15) is 4.79 Å². The van der Waals surface area contributed by atoms with Crippen molar-refractivity contribution in [3.63, 3.8) is 0 Å². The number of hydrogen-bond donors (Lipinski definition) is 2. The van der Waals surface area contributed by atoms with Crippen LogP contribution in [-0.4, -0.2) is 22.4 Å². The maximum absolute atomic E-state index is 11.9. The van der Waals surface area contributed by atoms with Crippen LogP contribution in [0, 0.1) is 18.8 Å². The molecule has 2 aromatic rings. The molecule has 1 amide bonds. The zero-order valence-electron chi connectivity index (χ0n) is 10.3. The molecule has 0 aliphatic heterocycles. The smallest absolute Gasteiger partial charge is 0.276 e. The van der Waals surface area contributed by atoms with Crippen LogP contribution < -0.4 is 11.1 Å². The second-order valence-electron chi connectivity index (χ2n) is 3.62. The molecule has 0 aliphatic rings. The number of hydrogen-bond acceptors (Lipinski definition) is 5. The largest absolute Gasteiger partial charge is 0.320 e. The van der Waals surface area contributed by atoms with E-state index in [1.165, 1.54) is 11.3 Å². The molecule has 0 unspecified atom stereocenters. The Hall–Kier alpha value is -2.23. The molecule has 2 rings (SSSR count). The summed E-state index contributed by atoms with van der Waals surface area (Å²) in [5.74, 6) is 5.69. The van der Waals surface area contributed by atoms with Gasteiger partial charge in [-0.15, -0.1) is 11.3 Å². The van der Waals surface area contributed by atoms with E-state index in [0.717, 1.165) is 5.01 Å². The highest BCUT2D eigenvalue weighted by molar-refractivity contribution is 7.09. The first-order valence-corrected chi connectivity index (χ1v) is 6.46. The van der Waals surface area contributed by atoms with Gasteiger partial charge in [0.1, 0.15) is 17.2 Å². The minimum Gasteiger partial charge on any atom is -0.320 e. The SMILES string of the molecule is Cc1nc(C(=O)Nc2cccc(C#CCN)n2)cs1. The van der Waals surface area contributed by atoms with Crippen LogP contribution in [0.5, 0.6) is 0 Å². The van der Waals surface area contributed by atoms with E-state index in [2.05, 4.69) is 27.1 Å². The van der Waals surface area contributed by atoms with Crippen LogP contribution in [0.25, 0.3) is 0 Å². The Bertz CT molecular complexity index is 654. The van der Waals surface area contributed by atoms with Crippen LogP contribution in [0.15, 0.2) is 23.6 Å². The Morgan fingerprint density at radius 1 is 1.47 bits per heavy atom. The lowest BCUT2D eigenvalue weighted by molar-refractivity contribution is 0.102. The highest BCUT2D eigenvalue weighted by Crippen LogP contribution is 2.10. The number of rotatable bonds is 2. The van der Waals surface area contributed by atoms with Gasteiger partial charge in [0.2, 0.25) is 0 Å². The van der Waals surface area contributed by atoms with Crippen LogP contribution in [0.3, 0.4) is 0 Å². The lowest BCUT2D eigenvalue weighted by Crippen LogP contribution is -2.13. The van der Waals surface area contributed by atoms with Crippen LogP contribution in [0.4, 0.5) is 5.82 Å². The van der Waals surface area contributed by atoms with Crippen LogP contribution in [0.2, 0.25) is 0 Å². The summed E-state index contributed by atoms with van der Waals surface area (Å²) in [6.45, 7) is 2.12. The first-order valence-electron chi connectivity index (χ1n) is 5.58. The zero-order valence-corrected chi connectivity index (χ0v) is 11.1. The average Bonchev–Trinajstić information content (AvgIpc) is 2.83. The van der Waals surface area contributed by atoms with Gasteiger partial charge >= 0.3 is 0 Å². The van der Waals surface area contributed by atoms with Gasteiger partial charge in [0.15, 0.2) is 0 Å². The van der Waals surface area contributed by atoms with Gasteiger partial charge in [0, 0.05) is 5.38 Å². The van der Waals surface area contributed by atoms with Gasteiger partial charge in [0.05, 0.1) is 11.6 Å². The molecule has 0 saturated heterocycles. The van der Waals surface area contributed by atoms with Gasteiger partial charge in [-0.2, -0.15) is 0 Å². The molecule has 96 valence electrons. The summed E-state index contributed by atoms with van der Waals surface area (Å²) < 4.78 is 0. The van der Waals surface area contributed by atoms with Gasteiger partial charge in [0.25, 0.3) is 5.91 Å². The van der Waals surface area contributed by atoms with E-state index in [4.69, 9.17) is 5.73 Å². The summed E-state index contributed by atoms with van der Waals surface area (Å²) in [5.41, 5.74) is 6.25. The molecular formula is C13H12N4OS. The Morgan fingerprint density at radius 3 is 3.00 bits per heavy atom. The second-order valence-corrected chi connectivity index (χ2v) is 4.68. The minimum absolute atomic E-state index is 0.274. The molecule has 0 saturated carbocycles. The molecule has 0 radical (unpaired) electrons. The van der Waals surface area contributed by atoms with Crippen molar-refractivity contribution in [1.29, 1.82) is 0 Å². The molecule has 0 aromatic carbocycles. The molecule has 0 aliphatic carbocycles. The second kappa shape index (κ2) is 6.09. The Labute approximate surface area is 114 Å². The van der Waals surface area contributed by atoms with Crippen LogP contribution >= 0.6 is 11.3 Å². The quantitative estimate of drug-likeness (QED) is 0.810. The molecule has 3 N–H and O–H groups in total. The summed E-state index contributed by atoms with van der Waals surface area (Å²) in [6, 6.07) is 5.23. The Balaban J connectivity index is 2.13. The van der Waals surface area contributed by atoms with Crippen LogP contribution in [-0.2, 0) is 0 Å². The third-order valence-corrected chi connectivity index (χ3v) is 2.93. The number of aryl methyl sites for hydroxylation is 1. The molecule has 0 spiro atoms. The predicted molar refractivity (Wildman–Crippen MR) is 75.0 cm³/mol. The Kier molecular flexibility index (Phi) is 4.23. The average molecular weight is 272 g/mol. The fraction of sp³-hybridized carbons (Fsp3) is 0.154. The third-order valence-electron chi connectivity index (χ3n) is 2.16. The van der Waals surface area contributed by atoms with Crippen molar-refractivity contribution in [2.45, 2.75) is 6.92 Å². The van der Waals surface area contributed by atoms with E-state index < -0.39 is 0 Å². The van der Waals surface area contributed by atoms with Crippen molar-refractivity contribution >= 4 is 23.1 Å². The maximum atomic E-state index is 11.9. The lowest BCUT2D eigenvalue weighted by atomic mass is 10.3. The number of amides is 1. The first kappa shape index (κ1) is 13.2. The fourth-order valence-electron chi connectivity index (χ4n) is 1.36. The number of carbonyl (C=O) groups excluding carboxylic acids is 1. The minimum atomic E-state index is -0.277. The molecule has 0 fully saturated rings. The van der Waals surface area contributed by atoms with Crippen LogP contribution in [0.1, 0.15) is 21.2 Å². The topological polar surface area (TPSA) is 80.9 Å². The van der Waals surface area contributed by atoms with Crippen molar-refractivity contribution < 1.29 is 4.79 Å². The number of aromatic nitrogens is 2. The predicted octanol–water partition coefficient (Wildman–Crippen LogP) is 1.41. The van der Waals surface area contributed by atoms with E-state index in [1.54, 1.807) is 23.6 Å². The zero-order chi connectivity index (χ0) is 13.7. The number of nitrogens with zero attached hydrogens (tertiary/aromatic N) is 2. The summed E-state index contributed by atoms with van der Waals surface area (Å²) in [4.78, 5) is 20.2. The molecule has 0 bridgehead atoms. The standard InChI is InChI=1S/C13H12N4OS/c1-9-15-11(8-19-9)13(18)17-12-6-2-4-10(16-12)5-3-7-14/h2,4,6,8H,7,14H2,1H3,(H,16,17,18). The molecule has 2 aromatic heterocycles. The molecule has 2 heterocycles. The number of carbonyl (C=O) groups is 1. The van der Waals surface area contributed by atoms with Gasteiger partial charge in [-0.25, -0.2) is 9.97 Å². The highest BCUT2D eigenvalue weighted by Gasteiger charge is 2.10. The van der Waals surface area contributed by atoms with Gasteiger partial charge in [-0.05, 0) is 25.0 Å². The Morgan fingerprint density at radius 2 is 2.32 bits per heavy atom. The monoisotopic (exact) mass is 272 g/mol. The fourth-order valence-corrected chi connectivity index (χ4v) is 1.96. The molecule has 5 nitrogen and oxygen atoms in total. The normalized spacial score (nSPS) is 9.58. The van der Waals surface area contributed by atoms with Crippen molar-refractivity contribution in [1.82, 2.24) is 9.97 Å². The van der Waals surface area contributed by atoms with Crippen molar-refractivity contribution in [3.05, 3.63) is 40.0 Å². The number of pyridine rings is 1. The van der Waals surface area contributed by atoms with Gasteiger partial charge < -0.3 is 11.1 Å². The summed E-state index contributed by atoms with van der Waals surface area (Å²) in [7, 11) is 0. The summed E-state index contributed by atoms with van der Waals surface area (Å²) in [6.07, 6.45) is 0. The number of anilines is 1. The van der Waals surface area contributed by atoms with E-state index >= 15 is 0 Å². The lowest BCUT2D eigenvalue weighted by Gasteiger charge is -2.02. The van der Waals surface area contributed by atoms with E-state index in [0.29, 0.717) is 17.2 Å². The molecule has 6 heteroatoms. The highest BCUT2D eigenvalue weighted by atomic mass is 32.1.